The van der Waals surface area contributed by atoms with Crippen molar-refractivity contribution in [2.24, 2.45) is 0 Å². The topological polar surface area (TPSA) is 3.01 Å². The number of hydrogen-bond donors (Lipinski definition) is 0. The second-order valence-corrected chi connectivity index (χ2v) is 3.28. The molecule has 1 rings (SSSR count). The van der Waals surface area contributed by atoms with Gasteiger partial charge in [-0.25, -0.2) is 4.58 Å². The van der Waals surface area contributed by atoms with Crippen molar-refractivity contribution in [3.8, 4) is 0 Å². The van der Waals surface area contributed by atoms with Crippen LogP contribution in [0, 0.1) is 0 Å². The standard InChI is InChI=1S/C12H18N/c1-5-13(6-2)12-8-7-10(3)11(4)9-12/h7-9H,3,5-6H2,1-2,4H3/q+1. The van der Waals surface area contributed by atoms with Crippen molar-refractivity contribution in [3.05, 3.63) is 36.0 Å². The molecule has 0 saturated carbocycles. The van der Waals surface area contributed by atoms with Crippen LogP contribution in [0.3, 0.4) is 0 Å². The third-order valence-electron chi connectivity index (χ3n) is 2.45. The van der Waals surface area contributed by atoms with Crippen molar-refractivity contribution in [2.75, 3.05) is 13.1 Å². The first-order valence-electron chi connectivity index (χ1n) is 4.86. The van der Waals surface area contributed by atoms with E-state index in [2.05, 4.69) is 50.2 Å². The van der Waals surface area contributed by atoms with Gasteiger partial charge in [0.2, 0.25) is 0 Å². The third-order valence-corrected chi connectivity index (χ3v) is 2.45. The van der Waals surface area contributed by atoms with E-state index in [-0.39, 0.29) is 0 Å². The molecule has 1 aliphatic carbocycles. The Bertz CT molecular complexity index is 297. The number of nitrogens with zero attached hydrogens (tertiary/aromatic N) is 1. The molecule has 1 heteroatoms. The predicted octanol–water partition coefficient (Wildman–Crippen LogP) is 2.55. The monoisotopic (exact) mass is 176 g/mol. The van der Waals surface area contributed by atoms with E-state index in [1.807, 2.05) is 0 Å². The van der Waals surface area contributed by atoms with Crippen LogP contribution >= 0.6 is 0 Å². The molecular weight excluding hydrogens is 158 g/mol. The zero-order valence-electron chi connectivity index (χ0n) is 8.80. The Hall–Kier alpha value is -1.11. The van der Waals surface area contributed by atoms with Crippen molar-refractivity contribution in [1.29, 1.82) is 0 Å². The highest BCUT2D eigenvalue weighted by molar-refractivity contribution is 6.03. The molecule has 0 aromatic heterocycles. The van der Waals surface area contributed by atoms with Crippen molar-refractivity contribution in [3.63, 3.8) is 0 Å². The van der Waals surface area contributed by atoms with Gasteiger partial charge < -0.3 is 0 Å². The largest absolute Gasteiger partial charge is 0.231 e. The Kier molecular flexibility index (Phi) is 3.24. The molecule has 0 aliphatic heterocycles. The van der Waals surface area contributed by atoms with E-state index in [0.29, 0.717) is 0 Å². The van der Waals surface area contributed by atoms with Gasteiger partial charge in [-0.05, 0) is 38.0 Å². The van der Waals surface area contributed by atoms with Gasteiger partial charge in [0, 0.05) is 12.2 Å². The fourth-order valence-electron chi connectivity index (χ4n) is 1.47. The number of allylic oxidation sites excluding steroid dienone is 5. The molecule has 1 nitrogen and oxygen atoms in total. The van der Waals surface area contributed by atoms with Crippen LogP contribution in [0.25, 0.3) is 0 Å². The van der Waals surface area contributed by atoms with Crippen molar-refractivity contribution in [1.82, 2.24) is 0 Å². The Balaban J connectivity index is 3.03. The van der Waals surface area contributed by atoms with Crippen LogP contribution < -0.4 is 0 Å². The van der Waals surface area contributed by atoms with Crippen molar-refractivity contribution >= 4 is 5.71 Å². The van der Waals surface area contributed by atoms with E-state index in [1.165, 1.54) is 11.3 Å². The van der Waals surface area contributed by atoms with Crippen LogP contribution in [0.2, 0.25) is 0 Å². The highest BCUT2D eigenvalue weighted by Crippen LogP contribution is 2.13. The van der Waals surface area contributed by atoms with E-state index < -0.39 is 0 Å². The van der Waals surface area contributed by atoms with Gasteiger partial charge in [-0.1, -0.05) is 6.58 Å². The lowest BCUT2D eigenvalue weighted by Crippen LogP contribution is -2.19. The second-order valence-electron chi connectivity index (χ2n) is 3.28. The Morgan fingerprint density at radius 2 is 1.85 bits per heavy atom. The molecule has 13 heavy (non-hydrogen) atoms. The zero-order valence-corrected chi connectivity index (χ0v) is 8.80. The van der Waals surface area contributed by atoms with Crippen LogP contribution in [-0.4, -0.2) is 23.4 Å². The van der Waals surface area contributed by atoms with E-state index in [1.54, 1.807) is 0 Å². The van der Waals surface area contributed by atoms with Crippen LogP contribution in [-0.2, 0) is 0 Å². The highest BCUT2D eigenvalue weighted by atomic mass is 15.0. The summed E-state index contributed by atoms with van der Waals surface area (Å²) in [6.45, 7) is 12.5. The Morgan fingerprint density at radius 3 is 2.31 bits per heavy atom. The van der Waals surface area contributed by atoms with Gasteiger partial charge in [0.1, 0.15) is 13.1 Å². The summed E-state index contributed by atoms with van der Waals surface area (Å²) in [6, 6.07) is 0. The van der Waals surface area contributed by atoms with Crippen molar-refractivity contribution < 1.29 is 4.58 Å². The van der Waals surface area contributed by atoms with Gasteiger partial charge in [0.15, 0.2) is 5.71 Å². The molecule has 0 N–H and O–H groups in total. The summed E-state index contributed by atoms with van der Waals surface area (Å²) < 4.78 is 2.34. The number of hydrogen-bond acceptors (Lipinski definition) is 0. The van der Waals surface area contributed by atoms with Crippen LogP contribution in [0.4, 0.5) is 0 Å². The molecule has 0 radical (unpaired) electrons. The van der Waals surface area contributed by atoms with Gasteiger partial charge in [-0.3, -0.25) is 0 Å². The lowest BCUT2D eigenvalue weighted by atomic mass is 10.0. The Labute approximate surface area is 80.8 Å². The molecule has 0 fully saturated rings. The molecule has 1 aliphatic rings. The quantitative estimate of drug-likeness (QED) is 0.569. The summed E-state index contributed by atoms with van der Waals surface area (Å²) in [5, 5.41) is 0. The molecule has 0 atom stereocenters. The lowest BCUT2D eigenvalue weighted by Gasteiger charge is -2.07. The molecule has 0 aromatic carbocycles. The van der Waals surface area contributed by atoms with E-state index in [0.717, 1.165) is 18.7 Å². The first-order chi connectivity index (χ1) is 6.19. The third kappa shape index (κ3) is 2.18. The minimum atomic E-state index is 1.06. The zero-order chi connectivity index (χ0) is 9.84. The molecule has 0 amide bonds. The normalized spacial score (nSPS) is 16.1. The van der Waals surface area contributed by atoms with E-state index >= 15 is 0 Å². The SMILES string of the molecule is C=C1C=CC(=[N+](CC)CC)C=C1C. The van der Waals surface area contributed by atoms with Gasteiger partial charge in [0.25, 0.3) is 0 Å². The van der Waals surface area contributed by atoms with Crippen molar-refractivity contribution in [2.45, 2.75) is 20.8 Å². The molecule has 70 valence electrons. The summed E-state index contributed by atoms with van der Waals surface area (Å²) >= 11 is 0. The fraction of sp³-hybridized carbons (Fsp3) is 0.417. The number of rotatable bonds is 2. The summed E-state index contributed by atoms with van der Waals surface area (Å²) in [4.78, 5) is 0. The molecule has 0 heterocycles. The molecule has 0 spiro atoms. The van der Waals surface area contributed by atoms with E-state index in [9.17, 15) is 0 Å². The van der Waals surface area contributed by atoms with Crippen LogP contribution in [0.1, 0.15) is 20.8 Å². The molecule has 0 bridgehead atoms. The minimum absolute atomic E-state index is 1.06. The maximum absolute atomic E-state index is 3.95. The smallest absolute Gasteiger partial charge is 0.200 e. The highest BCUT2D eigenvalue weighted by Gasteiger charge is 2.10. The summed E-state index contributed by atoms with van der Waals surface area (Å²) in [7, 11) is 0. The summed E-state index contributed by atoms with van der Waals surface area (Å²) in [6.07, 6.45) is 6.43. The predicted molar refractivity (Wildman–Crippen MR) is 58.4 cm³/mol. The maximum Gasteiger partial charge on any atom is 0.200 e. The van der Waals surface area contributed by atoms with Gasteiger partial charge in [-0.2, -0.15) is 0 Å². The molecular formula is C12H18N+. The first kappa shape index (κ1) is 9.97. The minimum Gasteiger partial charge on any atom is -0.231 e. The van der Waals surface area contributed by atoms with Crippen LogP contribution in [0.5, 0.6) is 0 Å². The first-order valence-corrected chi connectivity index (χ1v) is 4.86. The van der Waals surface area contributed by atoms with Gasteiger partial charge in [-0.15, -0.1) is 0 Å². The summed E-state index contributed by atoms with van der Waals surface area (Å²) in [5.74, 6) is 0. The lowest BCUT2D eigenvalue weighted by molar-refractivity contribution is -0.519. The average Bonchev–Trinajstić information content (AvgIpc) is 2.13. The fourth-order valence-corrected chi connectivity index (χ4v) is 1.47. The van der Waals surface area contributed by atoms with Crippen LogP contribution in [0.15, 0.2) is 36.0 Å². The molecule has 0 saturated heterocycles. The van der Waals surface area contributed by atoms with Gasteiger partial charge >= 0.3 is 0 Å². The second kappa shape index (κ2) is 4.22. The Morgan fingerprint density at radius 1 is 1.23 bits per heavy atom. The average molecular weight is 176 g/mol. The molecule has 0 aromatic rings. The maximum atomic E-state index is 3.95. The molecule has 0 unspecified atom stereocenters. The van der Waals surface area contributed by atoms with Gasteiger partial charge in [0.05, 0.1) is 0 Å². The summed E-state index contributed by atoms with van der Waals surface area (Å²) in [5.41, 5.74) is 3.69. The van der Waals surface area contributed by atoms with E-state index in [4.69, 9.17) is 0 Å².